The van der Waals surface area contributed by atoms with Crippen molar-refractivity contribution in [3.05, 3.63) is 11.5 Å². The van der Waals surface area contributed by atoms with Gasteiger partial charge in [-0.3, -0.25) is 4.18 Å². The van der Waals surface area contributed by atoms with Gasteiger partial charge in [0.1, 0.15) is 0 Å². The highest BCUT2D eigenvalue weighted by Crippen LogP contribution is 2.20. The first-order chi connectivity index (χ1) is 7.45. The molecule has 6 nitrogen and oxygen atoms in total. The van der Waals surface area contributed by atoms with Gasteiger partial charge in [0, 0.05) is 5.41 Å². The van der Waals surface area contributed by atoms with Crippen molar-refractivity contribution in [2.45, 2.75) is 13.3 Å². The predicted octanol–water partition coefficient (Wildman–Crippen LogP) is -0.780. The van der Waals surface area contributed by atoms with Crippen LogP contribution in [-0.2, 0) is 14.3 Å². The zero-order valence-corrected chi connectivity index (χ0v) is 9.98. The summed E-state index contributed by atoms with van der Waals surface area (Å²) < 4.78 is 26.8. The van der Waals surface area contributed by atoms with Crippen LogP contribution >= 0.6 is 0 Å². The molecule has 0 aromatic carbocycles. The van der Waals surface area contributed by atoms with Crippen molar-refractivity contribution >= 4 is 10.1 Å². The minimum Gasteiger partial charge on any atom is -0.396 e. The molecule has 0 spiro atoms. The number of allylic oxidation sites excluding steroid dienone is 1. The molecule has 3 N–H and O–H groups in total. The van der Waals surface area contributed by atoms with Crippen molar-refractivity contribution in [2.75, 3.05) is 26.4 Å². The monoisotopic (exact) mass is 254 g/mol. The lowest BCUT2D eigenvalue weighted by Crippen LogP contribution is -2.35. The van der Waals surface area contributed by atoms with E-state index in [2.05, 4.69) is 4.18 Å². The molecule has 0 rings (SSSR count). The fraction of sp³-hybridized carbons (Fsp3) is 0.778. The quantitative estimate of drug-likeness (QED) is 0.491. The summed E-state index contributed by atoms with van der Waals surface area (Å²) in [5.74, 6) is 0. The molecule has 0 aliphatic carbocycles. The highest BCUT2D eigenvalue weighted by molar-refractivity contribution is 7.89. The summed E-state index contributed by atoms with van der Waals surface area (Å²) >= 11 is 0. The molecule has 0 fully saturated rings. The van der Waals surface area contributed by atoms with Gasteiger partial charge >= 0.3 is 0 Å². The van der Waals surface area contributed by atoms with Crippen LogP contribution in [0.2, 0.25) is 0 Å². The van der Waals surface area contributed by atoms with Gasteiger partial charge in [0.15, 0.2) is 0 Å². The van der Waals surface area contributed by atoms with Crippen molar-refractivity contribution in [3.63, 3.8) is 0 Å². The Labute approximate surface area is 95.3 Å². The summed E-state index contributed by atoms with van der Waals surface area (Å²) in [6.45, 7) is 0.0296. The van der Waals surface area contributed by atoms with Crippen LogP contribution in [0.3, 0.4) is 0 Å². The van der Waals surface area contributed by atoms with E-state index in [1.54, 1.807) is 6.92 Å². The third kappa shape index (κ3) is 5.04. The Balaban J connectivity index is 4.25. The largest absolute Gasteiger partial charge is 0.396 e. The van der Waals surface area contributed by atoms with Crippen LogP contribution in [0.4, 0.5) is 0 Å². The minimum atomic E-state index is -3.70. The molecule has 0 aromatic heterocycles. The van der Waals surface area contributed by atoms with Crippen LogP contribution in [-0.4, -0.2) is 50.2 Å². The molecule has 0 aliphatic heterocycles. The third-order valence-electron chi connectivity index (χ3n) is 2.19. The summed E-state index contributed by atoms with van der Waals surface area (Å²) in [4.78, 5) is 0. The molecule has 0 atom stereocenters. The molecule has 0 unspecified atom stereocenters. The van der Waals surface area contributed by atoms with Crippen molar-refractivity contribution < 1.29 is 27.9 Å². The maximum Gasteiger partial charge on any atom is 0.289 e. The minimum absolute atomic E-state index is 0.0489. The SMILES string of the molecule is CC=CS(=O)(=O)OCCC(CO)(CO)CO. The zero-order valence-electron chi connectivity index (χ0n) is 9.16. The fourth-order valence-corrected chi connectivity index (χ4v) is 1.69. The lowest BCUT2D eigenvalue weighted by Gasteiger charge is -2.26. The molecule has 0 aromatic rings. The predicted molar refractivity (Wildman–Crippen MR) is 58.0 cm³/mol. The Morgan fingerprint density at radius 3 is 2.06 bits per heavy atom. The Morgan fingerprint density at radius 2 is 1.69 bits per heavy atom. The Kier molecular flexibility index (Phi) is 6.77. The molecule has 0 bridgehead atoms. The number of hydrogen-bond donors (Lipinski definition) is 3. The molecule has 7 heteroatoms. The molecule has 96 valence electrons. The first kappa shape index (κ1) is 15.5. The third-order valence-corrected chi connectivity index (χ3v) is 3.29. The normalized spacial score (nSPS) is 13.5. The maximum absolute atomic E-state index is 11.1. The summed E-state index contributed by atoms with van der Waals surface area (Å²) in [5.41, 5.74) is -1.11. The van der Waals surface area contributed by atoms with E-state index in [0.717, 1.165) is 5.41 Å². The average Bonchev–Trinajstić information content (AvgIpc) is 2.25. The smallest absolute Gasteiger partial charge is 0.289 e. The van der Waals surface area contributed by atoms with Crippen molar-refractivity contribution in [3.8, 4) is 0 Å². The van der Waals surface area contributed by atoms with E-state index < -0.39 is 35.4 Å². The summed E-state index contributed by atoms with van der Waals surface area (Å²) in [7, 11) is -3.70. The van der Waals surface area contributed by atoms with Gasteiger partial charge in [0.25, 0.3) is 10.1 Å². The highest BCUT2D eigenvalue weighted by Gasteiger charge is 2.28. The van der Waals surface area contributed by atoms with E-state index in [0.29, 0.717) is 0 Å². The van der Waals surface area contributed by atoms with Gasteiger partial charge in [0.2, 0.25) is 0 Å². The van der Waals surface area contributed by atoms with Crippen LogP contribution in [0.15, 0.2) is 11.5 Å². The lowest BCUT2D eigenvalue weighted by atomic mass is 9.88. The van der Waals surface area contributed by atoms with Gasteiger partial charge in [-0.2, -0.15) is 8.42 Å². The Morgan fingerprint density at radius 1 is 1.19 bits per heavy atom. The molecule has 0 heterocycles. The first-order valence-corrected chi connectivity index (χ1v) is 6.27. The second kappa shape index (κ2) is 6.97. The summed E-state index contributed by atoms with van der Waals surface area (Å²) in [6, 6.07) is 0. The molecule has 0 amide bonds. The first-order valence-electron chi connectivity index (χ1n) is 4.80. The summed E-state index contributed by atoms with van der Waals surface area (Å²) in [5, 5.41) is 27.8. The maximum atomic E-state index is 11.1. The van der Waals surface area contributed by atoms with Crippen LogP contribution < -0.4 is 0 Å². The van der Waals surface area contributed by atoms with Crippen LogP contribution in [0, 0.1) is 5.41 Å². The highest BCUT2D eigenvalue weighted by atomic mass is 32.2. The number of rotatable bonds is 8. The standard InChI is InChI=1S/C9H18O6S/c1-2-5-16(13,14)15-4-3-9(6-10,7-11)8-12/h2,5,10-12H,3-4,6-8H2,1H3. The fourth-order valence-electron chi connectivity index (χ4n) is 0.967. The Bertz CT molecular complexity index is 296. The van der Waals surface area contributed by atoms with Gasteiger partial charge in [-0.15, -0.1) is 0 Å². The number of hydrogen-bond acceptors (Lipinski definition) is 6. The van der Waals surface area contributed by atoms with Gasteiger partial charge in [-0.05, 0) is 13.3 Å². The van der Waals surface area contributed by atoms with E-state index in [-0.39, 0.29) is 13.0 Å². The molecular weight excluding hydrogens is 236 g/mol. The van der Waals surface area contributed by atoms with Crippen molar-refractivity contribution in [2.24, 2.45) is 5.41 Å². The number of aliphatic hydroxyl groups excluding tert-OH is 3. The van der Waals surface area contributed by atoms with Gasteiger partial charge in [-0.1, -0.05) is 6.08 Å². The van der Waals surface area contributed by atoms with Gasteiger partial charge < -0.3 is 15.3 Å². The molecule has 0 saturated heterocycles. The van der Waals surface area contributed by atoms with E-state index in [1.807, 2.05) is 0 Å². The van der Waals surface area contributed by atoms with Crippen LogP contribution in [0.25, 0.3) is 0 Å². The Hall–Kier alpha value is -0.470. The van der Waals surface area contributed by atoms with Crippen LogP contribution in [0.5, 0.6) is 0 Å². The zero-order chi connectivity index (χ0) is 12.7. The van der Waals surface area contributed by atoms with E-state index >= 15 is 0 Å². The van der Waals surface area contributed by atoms with E-state index in [9.17, 15) is 8.42 Å². The molecule has 0 aliphatic rings. The van der Waals surface area contributed by atoms with Gasteiger partial charge in [0.05, 0.1) is 31.8 Å². The molecular formula is C9H18O6S. The molecule has 0 saturated carbocycles. The number of aliphatic hydroxyl groups is 3. The van der Waals surface area contributed by atoms with Crippen molar-refractivity contribution in [1.29, 1.82) is 0 Å². The second-order valence-corrected chi connectivity index (χ2v) is 5.00. The second-order valence-electron chi connectivity index (χ2n) is 3.51. The van der Waals surface area contributed by atoms with E-state index in [4.69, 9.17) is 15.3 Å². The topological polar surface area (TPSA) is 104 Å². The van der Waals surface area contributed by atoms with E-state index in [1.165, 1.54) is 6.08 Å². The molecule has 0 radical (unpaired) electrons. The summed E-state index contributed by atoms with van der Waals surface area (Å²) in [6.07, 6.45) is 1.37. The van der Waals surface area contributed by atoms with Gasteiger partial charge in [-0.25, -0.2) is 0 Å². The van der Waals surface area contributed by atoms with Crippen LogP contribution in [0.1, 0.15) is 13.3 Å². The van der Waals surface area contributed by atoms with Crippen molar-refractivity contribution in [1.82, 2.24) is 0 Å². The molecule has 16 heavy (non-hydrogen) atoms. The average molecular weight is 254 g/mol. The lowest BCUT2D eigenvalue weighted by molar-refractivity contribution is -0.00834.